The number of hydrogen-bond acceptors (Lipinski definition) is 4. The summed E-state index contributed by atoms with van der Waals surface area (Å²) in [4.78, 5) is 11.3. The summed E-state index contributed by atoms with van der Waals surface area (Å²) in [6.45, 7) is 5.29. The number of carbonyl (C=O) groups is 1. The zero-order valence-electron chi connectivity index (χ0n) is 13.6. The Labute approximate surface area is 136 Å². The van der Waals surface area contributed by atoms with E-state index in [-0.39, 0.29) is 24.0 Å². The summed E-state index contributed by atoms with van der Waals surface area (Å²) < 4.78 is 29.8. The number of epoxide rings is 1. The van der Waals surface area contributed by atoms with Gasteiger partial charge in [-0.15, -0.1) is 0 Å². The Morgan fingerprint density at radius 2 is 2.30 bits per heavy atom. The number of hydrogen-bond donors (Lipinski definition) is 0. The quantitative estimate of drug-likeness (QED) is 0.514. The maximum Gasteiger partial charge on any atom is 0.306 e. The van der Waals surface area contributed by atoms with Gasteiger partial charge < -0.3 is 14.2 Å². The Balaban J connectivity index is 1.97. The van der Waals surface area contributed by atoms with Crippen molar-refractivity contribution in [3.8, 4) is 0 Å². The number of allylic oxidation sites excluding steroid dienone is 1. The molecule has 0 N–H and O–H groups in total. The van der Waals surface area contributed by atoms with E-state index in [1.165, 1.54) is 6.07 Å². The summed E-state index contributed by atoms with van der Waals surface area (Å²) in [5.41, 5.74) is 1.29. The van der Waals surface area contributed by atoms with E-state index < -0.39 is 0 Å². The van der Waals surface area contributed by atoms with Crippen LogP contribution in [-0.2, 0) is 19.0 Å². The highest BCUT2D eigenvalue weighted by molar-refractivity contribution is 5.69. The number of halogens is 1. The van der Waals surface area contributed by atoms with Gasteiger partial charge in [0.05, 0.1) is 25.9 Å². The second-order valence-corrected chi connectivity index (χ2v) is 5.42. The molecule has 0 aromatic heterocycles. The first-order chi connectivity index (χ1) is 11.1. The van der Waals surface area contributed by atoms with Gasteiger partial charge in [0.15, 0.2) is 0 Å². The molecule has 1 aromatic rings. The second kappa shape index (κ2) is 8.79. The summed E-state index contributed by atoms with van der Waals surface area (Å²) in [5, 5.41) is 0. The number of ether oxygens (including phenoxy) is 3. The van der Waals surface area contributed by atoms with Crippen molar-refractivity contribution in [2.75, 3.05) is 19.8 Å². The SMILES string of the molecule is CCOC(=O)CCC=Cc1c(F)cccc1[C@@H](C)OC[C@H]1CO1. The second-order valence-electron chi connectivity index (χ2n) is 5.42. The lowest BCUT2D eigenvalue weighted by Gasteiger charge is -2.16. The molecule has 0 bridgehead atoms. The fourth-order valence-corrected chi connectivity index (χ4v) is 2.23. The van der Waals surface area contributed by atoms with Crippen LogP contribution in [0.25, 0.3) is 6.08 Å². The maximum atomic E-state index is 14.1. The zero-order chi connectivity index (χ0) is 16.7. The van der Waals surface area contributed by atoms with Crippen LogP contribution in [0.1, 0.15) is 43.9 Å². The molecule has 0 saturated carbocycles. The number of esters is 1. The normalized spacial score (nSPS) is 18.1. The van der Waals surface area contributed by atoms with Gasteiger partial charge in [-0.2, -0.15) is 0 Å². The smallest absolute Gasteiger partial charge is 0.306 e. The van der Waals surface area contributed by atoms with E-state index in [1.54, 1.807) is 25.1 Å². The summed E-state index contributed by atoms with van der Waals surface area (Å²) in [5.74, 6) is -0.542. The highest BCUT2D eigenvalue weighted by Gasteiger charge is 2.24. The third kappa shape index (κ3) is 5.77. The molecular weight excluding hydrogens is 299 g/mol. The predicted molar refractivity (Wildman–Crippen MR) is 85.4 cm³/mol. The summed E-state index contributed by atoms with van der Waals surface area (Å²) in [7, 11) is 0. The number of benzene rings is 1. The van der Waals surface area contributed by atoms with Gasteiger partial charge in [-0.1, -0.05) is 24.3 Å². The first-order valence-electron chi connectivity index (χ1n) is 7.95. The average Bonchev–Trinajstić information content (AvgIpc) is 3.35. The molecule has 2 rings (SSSR count). The van der Waals surface area contributed by atoms with E-state index in [2.05, 4.69) is 0 Å². The van der Waals surface area contributed by atoms with Gasteiger partial charge in [0.25, 0.3) is 0 Å². The molecular formula is C18H23FO4. The van der Waals surface area contributed by atoms with Gasteiger partial charge in [-0.05, 0) is 31.9 Å². The van der Waals surface area contributed by atoms with Crippen molar-refractivity contribution in [3.05, 3.63) is 41.2 Å². The van der Waals surface area contributed by atoms with Crippen LogP contribution in [0.2, 0.25) is 0 Å². The first kappa shape index (κ1) is 17.6. The van der Waals surface area contributed by atoms with Crippen LogP contribution in [0.3, 0.4) is 0 Å². The van der Waals surface area contributed by atoms with Crippen molar-refractivity contribution < 1.29 is 23.4 Å². The fraction of sp³-hybridized carbons (Fsp3) is 0.500. The molecule has 1 heterocycles. The van der Waals surface area contributed by atoms with Gasteiger partial charge in [0.1, 0.15) is 11.9 Å². The topological polar surface area (TPSA) is 48.1 Å². The van der Waals surface area contributed by atoms with Crippen molar-refractivity contribution >= 4 is 12.0 Å². The zero-order valence-corrected chi connectivity index (χ0v) is 13.6. The van der Waals surface area contributed by atoms with Gasteiger partial charge >= 0.3 is 5.97 Å². The molecule has 0 unspecified atom stereocenters. The lowest BCUT2D eigenvalue weighted by Crippen LogP contribution is -2.08. The van der Waals surface area contributed by atoms with Crippen LogP contribution in [-0.4, -0.2) is 31.9 Å². The molecule has 0 spiro atoms. The van der Waals surface area contributed by atoms with Crippen LogP contribution in [0, 0.1) is 5.82 Å². The molecule has 126 valence electrons. The minimum atomic E-state index is -0.298. The highest BCUT2D eigenvalue weighted by atomic mass is 19.1. The van der Waals surface area contributed by atoms with Gasteiger partial charge in [-0.25, -0.2) is 4.39 Å². The molecule has 4 nitrogen and oxygen atoms in total. The Bertz CT molecular complexity index is 552. The Morgan fingerprint density at radius 1 is 1.52 bits per heavy atom. The average molecular weight is 322 g/mol. The maximum absolute atomic E-state index is 14.1. The van der Waals surface area contributed by atoms with E-state index in [0.29, 0.717) is 31.6 Å². The van der Waals surface area contributed by atoms with Crippen LogP contribution < -0.4 is 0 Å². The molecule has 1 fully saturated rings. The minimum absolute atomic E-state index is 0.176. The third-order valence-corrected chi connectivity index (χ3v) is 3.56. The number of rotatable bonds is 9. The first-order valence-corrected chi connectivity index (χ1v) is 7.95. The van der Waals surface area contributed by atoms with Crippen molar-refractivity contribution in [3.63, 3.8) is 0 Å². The van der Waals surface area contributed by atoms with Crippen LogP contribution >= 0.6 is 0 Å². The lowest BCUT2D eigenvalue weighted by molar-refractivity contribution is -0.142. The van der Waals surface area contributed by atoms with Crippen LogP contribution in [0.15, 0.2) is 24.3 Å². The Morgan fingerprint density at radius 3 is 3.00 bits per heavy atom. The molecule has 2 atom stereocenters. The van der Waals surface area contributed by atoms with E-state index in [1.807, 2.05) is 13.0 Å². The standard InChI is InChI=1S/C18H23FO4/c1-3-21-18(20)10-5-4-7-16-15(8-6-9-17(16)19)13(2)22-11-14-12-23-14/h4,6-9,13-14H,3,5,10-12H2,1-2H3/t13-,14+/m1/s1. The van der Waals surface area contributed by atoms with Crippen molar-refractivity contribution in [2.24, 2.45) is 0 Å². The molecule has 0 aliphatic carbocycles. The summed E-state index contributed by atoms with van der Waals surface area (Å²) in [6.07, 6.45) is 4.25. The van der Waals surface area contributed by atoms with E-state index >= 15 is 0 Å². The highest BCUT2D eigenvalue weighted by Crippen LogP contribution is 2.26. The van der Waals surface area contributed by atoms with E-state index in [9.17, 15) is 9.18 Å². The van der Waals surface area contributed by atoms with Gasteiger partial charge in [-0.3, -0.25) is 4.79 Å². The molecule has 5 heteroatoms. The molecule has 1 aliphatic rings. The number of carbonyl (C=O) groups excluding carboxylic acids is 1. The molecule has 1 aliphatic heterocycles. The van der Waals surface area contributed by atoms with E-state index in [0.717, 1.165) is 12.2 Å². The Kier molecular flexibility index (Phi) is 6.74. The fourth-order valence-electron chi connectivity index (χ4n) is 2.23. The monoisotopic (exact) mass is 322 g/mol. The van der Waals surface area contributed by atoms with Crippen molar-refractivity contribution in [1.29, 1.82) is 0 Å². The van der Waals surface area contributed by atoms with Gasteiger partial charge in [0, 0.05) is 12.0 Å². The lowest BCUT2D eigenvalue weighted by atomic mass is 10.0. The predicted octanol–water partition coefficient (Wildman–Crippen LogP) is 3.66. The minimum Gasteiger partial charge on any atom is -0.466 e. The molecule has 1 saturated heterocycles. The van der Waals surface area contributed by atoms with Gasteiger partial charge in [0.2, 0.25) is 0 Å². The van der Waals surface area contributed by atoms with Crippen molar-refractivity contribution in [1.82, 2.24) is 0 Å². The summed E-state index contributed by atoms with van der Waals surface area (Å²) in [6, 6.07) is 4.95. The van der Waals surface area contributed by atoms with E-state index in [4.69, 9.17) is 14.2 Å². The summed E-state index contributed by atoms with van der Waals surface area (Å²) >= 11 is 0. The molecule has 0 amide bonds. The molecule has 23 heavy (non-hydrogen) atoms. The van der Waals surface area contributed by atoms with Crippen molar-refractivity contribution in [2.45, 2.75) is 38.9 Å². The van der Waals surface area contributed by atoms with Crippen LogP contribution in [0.4, 0.5) is 4.39 Å². The largest absolute Gasteiger partial charge is 0.466 e. The molecule has 0 radical (unpaired) electrons. The van der Waals surface area contributed by atoms with Crippen LogP contribution in [0.5, 0.6) is 0 Å². The molecule has 1 aromatic carbocycles. The third-order valence-electron chi connectivity index (χ3n) is 3.56. The Hall–Kier alpha value is -1.72.